The Morgan fingerprint density at radius 3 is 2.69 bits per heavy atom. The number of amidine groups is 1. The van der Waals surface area contributed by atoms with E-state index in [-0.39, 0.29) is 0 Å². The van der Waals surface area contributed by atoms with E-state index in [1.807, 2.05) is 18.0 Å². The normalized spacial score (nSPS) is 16.5. The van der Waals surface area contributed by atoms with Crippen molar-refractivity contribution in [2.24, 2.45) is 15.9 Å². The Hall–Kier alpha value is 0.958. The van der Waals surface area contributed by atoms with E-state index < -0.39 is 16.5 Å². The molecular weight excluding hydrogens is 410 g/mol. The monoisotopic (exact) mass is 421 g/mol. The van der Waals surface area contributed by atoms with E-state index in [0.717, 1.165) is 18.1 Å². The minimum atomic E-state index is -0.472. The molecule has 2 nitrogen and oxygen atoms in total. The topological polar surface area (TPSA) is 24.7 Å². The van der Waals surface area contributed by atoms with Crippen LogP contribution in [0.1, 0.15) is 6.92 Å². The summed E-state index contributed by atoms with van der Waals surface area (Å²) >= 11 is 1.37. The second-order valence-corrected chi connectivity index (χ2v) is 6.61. The standard InChI is InChI=1S/C7H12N2S.2ClH.Pt/c1-6(5-10-2)7-8-3-4-9-7;;;/h3,6H,4-5H2,1-2H3;2*1H;/q;;;+2/p-2. The van der Waals surface area contributed by atoms with Gasteiger partial charge in [-0.1, -0.05) is 6.92 Å². The molecule has 0 saturated heterocycles. The molecule has 0 radical (unpaired) electrons. The van der Waals surface area contributed by atoms with Crippen LogP contribution < -0.4 is 0 Å². The van der Waals surface area contributed by atoms with Crippen LogP contribution in [0.5, 0.6) is 0 Å². The summed E-state index contributed by atoms with van der Waals surface area (Å²) in [6, 6.07) is 0. The summed E-state index contributed by atoms with van der Waals surface area (Å²) in [6.07, 6.45) is 3.97. The van der Waals surface area contributed by atoms with Gasteiger partial charge >= 0.3 is 35.3 Å². The van der Waals surface area contributed by atoms with Crippen molar-refractivity contribution in [1.29, 1.82) is 0 Å². The first-order chi connectivity index (χ1) is 6.26. The molecule has 0 aromatic heterocycles. The number of aliphatic imine (C=N–C) groups is 2. The Morgan fingerprint density at radius 1 is 1.69 bits per heavy atom. The fourth-order valence-corrected chi connectivity index (χ4v) is 1.57. The minimum absolute atomic E-state index is 0.472. The van der Waals surface area contributed by atoms with Crippen molar-refractivity contribution in [2.75, 3.05) is 18.6 Å². The molecule has 0 saturated carbocycles. The van der Waals surface area contributed by atoms with Gasteiger partial charge in [-0.25, -0.2) is 4.99 Å². The fourth-order valence-electron chi connectivity index (χ4n) is 0.917. The summed E-state index contributed by atoms with van der Waals surface area (Å²) in [6.45, 7) is 2.95. The van der Waals surface area contributed by atoms with Crippen LogP contribution in [0, 0.1) is 5.92 Å². The summed E-state index contributed by atoms with van der Waals surface area (Å²) in [5.41, 5.74) is 0. The van der Waals surface area contributed by atoms with E-state index in [2.05, 4.69) is 23.2 Å². The van der Waals surface area contributed by atoms with Gasteiger partial charge < -0.3 is 0 Å². The number of halogens is 2. The summed E-state index contributed by atoms with van der Waals surface area (Å²) in [5, 5.41) is 0. The third-order valence-electron chi connectivity index (χ3n) is 1.42. The molecule has 13 heavy (non-hydrogen) atoms. The van der Waals surface area contributed by atoms with Crippen LogP contribution in [0.2, 0.25) is 0 Å². The molecule has 1 unspecified atom stereocenters. The van der Waals surface area contributed by atoms with Crippen LogP contribution in [0.15, 0.2) is 9.98 Å². The average molecular weight is 422 g/mol. The van der Waals surface area contributed by atoms with Crippen molar-refractivity contribution >= 4 is 42.6 Å². The molecule has 0 aromatic carbocycles. The summed E-state index contributed by atoms with van der Waals surface area (Å²) in [4.78, 5) is 8.40. The van der Waals surface area contributed by atoms with Crippen LogP contribution in [-0.2, 0) is 16.5 Å². The second-order valence-electron chi connectivity index (χ2n) is 2.41. The van der Waals surface area contributed by atoms with E-state index in [9.17, 15) is 0 Å². The predicted molar refractivity (Wildman–Crippen MR) is 60.0 cm³/mol. The molecule has 0 N–H and O–H groups in total. The number of nitrogens with zero attached hydrogens (tertiary/aromatic N) is 2. The van der Waals surface area contributed by atoms with Gasteiger partial charge in [-0.15, -0.1) is 0 Å². The van der Waals surface area contributed by atoms with Crippen LogP contribution in [0.4, 0.5) is 0 Å². The first-order valence-corrected chi connectivity index (χ1v) is 10.7. The number of hydrogen-bond donors (Lipinski definition) is 0. The van der Waals surface area contributed by atoms with Crippen molar-refractivity contribution in [1.82, 2.24) is 0 Å². The maximum absolute atomic E-state index is 4.88. The first kappa shape index (κ1) is 14.0. The van der Waals surface area contributed by atoms with Crippen molar-refractivity contribution in [3.05, 3.63) is 0 Å². The van der Waals surface area contributed by atoms with E-state index in [4.69, 9.17) is 18.8 Å². The molecule has 0 fully saturated rings. The first-order valence-electron chi connectivity index (χ1n) is 3.64. The van der Waals surface area contributed by atoms with Crippen molar-refractivity contribution < 1.29 is 16.5 Å². The molecule has 1 rings (SSSR count). The van der Waals surface area contributed by atoms with Crippen molar-refractivity contribution in [3.63, 3.8) is 0 Å². The number of rotatable bonds is 3. The van der Waals surface area contributed by atoms with Gasteiger partial charge in [0.25, 0.3) is 0 Å². The van der Waals surface area contributed by atoms with Gasteiger partial charge in [0.05, 0.1) is 6.54 Å². The second kappa shape index (κ2) is 9.51. The maximum atomic E-state index is 4.88. The molecule has 1 atom stereocenters. The zero-order valence-corrected chi connectivity index (χ0v) is 12.0. The average Bonchev–Trinajstić information content (AvgIpc) is 2.58. The Balaban J connectivity index is 0.000000424. The van der Waals surface area contributed by atoms with Gasteiger partial charge in [0, 0.05) is 17.9 Å². The number of thioether (sulfide) groups is 1. The van der Waals surface area contributed by atoms with Crippen LogP contribution in [0.25, 0.3) is 0 Å². The van der Waals surface area contributed by atoms with Gasteiger partial charge in [0.2, 0.25) is 0 Å². The molecule has 1 aliphatic heterocycles. The summed E-state index contributed by atoms with van der Waals surface area (Å²) < 4.78 is 0. The zero-order chi connectivity index (χ0) is 10.1. The quantitative estimate of drug-likeness (QED) is 0.687. The molecule has 0 bridgehead atoms. The third kappa shape index (κ3) is 6.95. The number of hydrogen-bond acceptors (Lipinski definition) is 3. The Morgan fingerprint density at radius 2 is 2.31 bits per heavy atom. The summed E-state index contributed by atoms with van der Waals surface area (Å²) in [5.74, 6) is 2.67. The zero-order valence-electron chi connectivity index (χ0n) is 7.44. The van der Waals surface area contributed by atoms with Gasteiger partial charge in [-0.3, -0.25) is 4.99 Å². The van der Waals surface area contributed by atoms with Crippen molar-refractivity contribution in [3.8, 4) is 0 Å². The SMILES string of the molecule is CSCC(C)C1=NCC=N1.[Cl][Pt][Cl]. The Labute approximate surface area is 100.0 Å². The molecular formula is C7H12Cl2N2PtS. The van der Waals surface area contributed by atoms with E-state index in [1.54, 1.807) is 0 Å². The predicted octanol–water partition coefficient (Wildman–Crippen LogP) is 2.84. The van der Waals surface area contributed by atoms with E-state index in [0.29, 0.717) is 5.92 Å². The van der Waals surface area contributed by atoms with Crippen LogP contribution >= 0.6 is 30.6 Å². The molecule has 0 aromatic rings. The molecule has 80 valence electrons. The van der Waals surface area contributed by atoms with Gasteiger partial charge in [0.1, 0.15) is 5.84 Å². The van der Waals surface area contributed by atoms with Gasteiger partial charge in [0.15, 0.2) is 0 Å². The molecule has 1 heterocycles. The molecule has 1 aliphatic rings. The van der Waals surface area contributed by atoms with Gasteiger partial charge in [-0.05, 0) is 6.26 Å². The third-order valence-corrected chi connectivity index (χ3v) is 2.25. The van der Waals surface area contributed by atoms with E-state index in [1.165, 1.54) is 0 Å². The summed E-state index contributed by atoms with van der Waals surface area (Å²) in [7, 11) is 9.75. The Kier molecular flexibility index (Phi) is 10.2. The molecule has 6 heteroatoms. The fraction of sp³-hybridized carbons (Fsp3) is 0.714. The van der Waals surface area contributed by atoms with E-state index >= 15 is 0 Å². The Bertz CT molecular complexity index is 187. The van der Waals surface area contributed by atoms with Gasteiger partial charge in [-0.2, -0.15) is 11.8 Å². The molecule has 0 aliphatic carbocycles. The molecule has 0 spiro atoms. The van der Waals surface area contributed by atoms with Crippen molar-refractivity contribution in [2.45, 2.75) is 6.92 Å². The van der Waals surface area contributed by atoms with Crippen LogP contribution in [0.3, 0.4) is 0 Å². The molecule has 0 amide bonds. The van der Waals surface area contributed by atoms with Crippen LogP contribution in [-0.4, -0.2) is 30.6 Å².